The van der Waals surface area contributed by atoms with Crippen molar-refractivity contribution in [1.29, 1.82) is 0 Å². The van der Waals surface area contributed by atoms with Crippen LogP contribution in [0, 0.1) is 0 Å². The van der Waals surface area contributed by atoms with E-state index in [1.54, 1.807) is 7.05 Å². The summed E-state index contributed by atoms with van der Waals surface area (Å²) in [4.78, 5) is 39.7. The van der Waals surface area contributed by atoms with Gasteiger partial charge < -0.3 is 20.3 Å². The molecule has 10 heteroatoms. The average molecular weight is 334 g/mol. The fourth-order valence-corrected chi connectivity index (χ4v) is 1.93. The van der Waals surface area contributed by atoms with Crippen LogP contribution in [0.4, 0.5) is 0 Å². The molecule has 0 aliphatic rings. The van der Waals surface area contributed by atoms with Crippen molar-refractivity contribution in [3.05, 3.63) is 50.9 Å². The minimum atomic E-state index is -1.14. The number of benzene rings is 1. The van der Waals surface area contributed by atoms with Crippen molar-refractivity contribution in [2.45, 2.75) is 0 Å². The van der Waals surface area contributed by atoms with Crippen LogP contribution >= 0.6 is 0 Å². The number of H-pyrrole nitrogens is 1. The number of aromatic amines is 1. The number of phenolic OH excluding ortho intramolecular Hbond substituents is 2. The van der Waals surface area contributed by atoms with Gasteiger partial charge in [0.2, 0.25) is 0 Å². The fraction of sp³-hybridized carbons (Fsp3) is 0.143. The van der Waals surface area contributed by atoms with E-state index in [-0.39, 0.29) is 22.6 Å². The number of hydrogen-bond acceptors (Lipinski definition) is 6. The number of phenols is 2. The van der Waals surface area contributed by atoms with Crippen molar-refractivity contribution in [2.24, 2.45) is 14.1 Å². The van der Waals surface area contributed by atoms with Crippen LogP contribution in [0.25, 0.3) is 11.2 Å². The molecule has 24 heavy (non-hydrogen) atoms. The molecule has 2 aromatic heterocycles. The maximum absolute atomic E-state index is 11.4. The molecule has 0 radical (unpaired) electrons. The number of aromatic nitrogens is 4. The summed E-state index contributed by atoms with van der Waals surface area (Å²) in [5.41, 5.74) is -0.0433. The SMILES string of the molecule is Cn1c(=O)c2[nH]cnc2n(C)c1=O.O=C(O)c1ccc(O)c(O)c1. The summed E-state index contributed by atoms with van der Waals surface area (Å²) in [5, 5.41) is 26.0. The first-order chi connectivity index (χ1) is 11.2. The molecule has 3 rings (SSSR count). The third-order valence-electron chi connectivity index (χ3n) is 3.25. The van der Waals surface area contributed by atoms with Crippen LogP contribution in [0.3, 0.4) is 0 Å². The highest BCUT2D eigenvalue weighted by Gasteiger charge is 2.09. The van der Waals surface area contributed by atoms with Crippen molar-refractivity contribution < 1.29 is 20.1 Å². The van der Waals surface area contributed by atoms with E-state index in [1.807, 2.05) is 0 Å². The quantitative estimate of drug-likeness (QED) is 0.448. The highest BCUT2D eigenvalue weighted by atomic mass is 16.4. The van der Waals surface area contributed by atoms with Crippen LogP contribution in [0.15, 0.2) is 34.1 Å². The van der Waals surface area contributed by atoms with Gasteiger partial charge in [-0.2, -0.15) is 0 Å². The lowest BCUT2D eigenvalue weighted by Gasteiger charge is -2.00. The van der Waals surface area contributed by atoms with Crippen molar-refractivity contribution in [1.82, 2.24) is 19.1 Å². The van der Waals surface area contributed by atoms with E-state index in [1.165, 1.54) is 24.0 Å². The molecule has 0 spiro atoms. The lowest BCUT2D eigenvalue weighted by molar-refractivity contribution is 0.0696. The second-order valence-electron chi connectivity index (χ2n) is 4.82. The number of aryl methyl sites for hydroxylation is 1. The topological polar surface area (TPSA) is 150 Å². The molecule has 0 unspecified atom stereocenters. The summed E-state index contributed by atoms with van der Waals surface area (Å²) >= 11 is 0. The first-order valence-corrected chi connectivity index (χ1v) is 6.58. The third kappa shape index (κ3) is 2.97. The van der Waals surface area contributed by atoms with Crippen LogP contribution < -0.4 is 11.2 Å². The van der Waals surface area contributed by atoms with E-state index in [0.29, 0.717) is 11.2 Å². The van der Waals surface area contributed by atoms with E-state index >= 15 is 0 Å². The lowest BCUT2D eigenvalue weighted by atomic mass is 10.2. The number of carboxylic acids is 1. The average Bonchev–Trinajstić information content (AvgIpc) is 3.04. The molecule has 2 heterocycles. The summed E-state index contributed by atoms with van der Waals surface area (Å²) < 4.78 is 2.37. The van der Waals surface area contributed by atoms with Crippen LogP contribution in [0.1, 0.15) is 10.4 Å². The second-order valence-corrected chi connectivity index (χ2v) is 4.82. The van der Waals surface area contributed by atoms with Crippen molar-refractivity contribution in [3.63, 3.8) is 0 Å². The molecule has 0 saturated carbocycles. The standard InChI is InChI=1S/C7H8N4O2.C7H6O4/c1-10-5-4(8-3-9-5)6(12)11(2)7(10)13;8-5-2-1-4(7(10)11)3-6(5)9/h3H,1-2H3,(H,8,9);1-3,8-9H,(H,10,11). The summed E-state index contributed by atoms with van der Waals surface area (Å²) in [5.74, 6) is -1.89. The van der Waals surface area contributed by atoms with E-state index in [2.05, 4.69) is 9.97 Å². The van der Waals surface area contributed by atoms with Crippen LogP contribution in [0.5, 0.6) is 11.5 Å². The molecule has 0 atom stereocenters. The number of nitrogens with zero attached hydrogens (tertiary/aromatic N) is 3. The predicted octanol–water partition coefficient (Wildman–Crippen LogP) is -0.244. The number of carboxylic acid groups (broad SMARTS) is 1. The lowest BCUT2D eigenvalue weighted by Crippen LogP contribution is -2.36. The molecular weight excluding hydrogens is 320 g/mol. The Morgan fingerprint density at radius 3 is 2.38 bits per heavy atom. The Kier molecular flexibility index (Phi) is 4.40. The normalized spacial score (nSPS) is 10.2. The zero-order valence-electron chi connectivity index (χ0n) is 12.7. The highest BCUT2D eigenvalue weighted by molar-refractivity contribution is 5.88. The minimum absolute atomic E-state index is 0.0553. The number of imidazole rings is 1. The number of rotatable bonds is 1. The molecule has 0 amide bonds. The van der Waals surface area contributed by atoms with Gasteiger partial charge in [-0.3, -0.25) is 13.9 Å². The van der Waals surface area contributed by atoms with Crippen molar-refractivity contribution >= 4 is 17.1 Å². The zero-order chi connectivity index (χ0) is 18.0. The molecule has 1 aromatic carbocycles. The van der Waals surface area contributed by atoms with Crippen molar-refractivity contribution in [3.8, 4) is 11.5 Å². The van der Waals surface area contributed by atoms with Gasteiger partial charge in [-0.25, -0.2) is 14.6 Å². The smallest absolute Gasteiger partial charge is 0.335 e. The molecule has 0 aliphatic heterocycles. The predicted molar refractivity (Wildman–Crippen MR) is 83.3 cm³/mol. The monoisotopic (exact) mass is 334 g/mol. The van der Waals surface area contributed by atoms with Gasteiger partial charge in [-0.1, -0.05) is 0 Å². The summed E-state index contributed by atoms with van der Waals surface area (Å²) in [6, 6.07) is 3.31. The third-order valence-corrected chi connectivity index (χ3v) is 3.25. The highest BCUT2D eigenvalue weighted by Crippen LogP contribution is 2.24. The van der Waals surface area contributed by atoms with Gasteiger partial charge in [-0.15, -0.1) is 0 Å². The molecular formula is C14H14N4O6. The van der Waals surface area contributed by atoms with E-state index in [4.69, 9.17) is 15.3 Å². The molecule has 0 saturated heterocycles. The number of aromatic hydroxyl groups is 2. The molecule has 3 aromatic rings. The Labute approximate surface area is 133 Å². The largest absolute Gasteiger partial charge is 0.504 e. The number of nitrogens with one attached hydrogen (secondary N) is 1. The Bertz CT molecular complexity index is 1030. The first-order valence-electron chi connectivity index (χ1n) is 6.58. The Morgan fingerprint density at radius 1 is 1.12 bits per heavy atom. The van der Waals surface area contributed by atoms with Gasteiger partial charge in [0.05, 0.1) is 11.9 Å². The van der Waals surface area contributed by atoms with Crippen LogP contribution in [0.2, 0.25) is 0 Å². The zero-order valence-corrected chi connectivity index (χ0v) is 12.7. The van der Waals surface area contributed by atoms with Gasteiger partial charge in [-0.05, 0) is 18.2 Å². The molecule has 4 N–H and O–H groups in total. The molecule has 10 nitrogen and oxygen atoms in total. The Hall–Kier alpha value is -3.56. The Balaban J connectivity index is 0.000000177. The van der Waals surface area contributed by atoms with Gasteiger partial charge in [0.15, 0.2) is 17.1 Å². The van der Waals surface area contributed by atoms with E-state index < -0.39 is 11.7 Å². The number of aromatic carboxylic acids is 1. The maximum Gasteiger partial charge on any atom is 0.335 e. The number of carbonyl (C=O) groups is 1. The van der Waals surface area contributed by atoms with Gasteiger partial charge in [0, 0.05) is 14.1 Å². The number of fused-ring (bicyclic) bond motifs is 1. The van der Waals surface area contributed by atoms with Gasteiger partial charge >= 0.3 is 11.7 Å². The Morgan fingerprint density at radius 2 is 1.79 bits per heavy atom. The fourth-order valence-electron chi connectivity index (χ4n) is 1.93. The first kappa shape index (κ1) is 16.8. The van der Waals surface area contributed by atoms with Gasteiger partial charge in [0.25, 0.3) is 5.56 Å². The maximum atomic E-state index is 11.4. The molecule has 0 bridgehead atoms. The van der Waals surface area contributed by atoms with Crippen LogP contribution in [-0.4, -0.2) is 40.4 Å². The second kappa shape index (κ2) is 6.28. The van der Waals surface area contributed by atoms with Gasteiger partial charge in [0.1, 0.15) is 5.52 Å². The van der Waals surface area contributed by atoms with E-state index in [0.717, 1.165) is 16.7 Å². The molecule has 0 fully saturated rings. The van der Waals surface area contributed by atoms with Crippen molar-refractivity contribution in [2.75, 3.05) is 0 Å². The minimum Gasteiger partial charge on any atom is -0.504 e. The summed E-state index contributed by atoms with van der Waals surface area (Å²) in [6.07, 6.45) is 1.39. The van der Waals surface area contributed by atoms with Crippen LogP contribution in [-0.2, 0) is 14.1 Å². The van der Waals surface area contributed by atoms with E-state index in [9.17, 15) is 14.4 Å². The molecule has 126 valence electrons. The summed E-state index contributed by atoms with van der Waals surface area (Å²) in [6.45, 7) is 0. The number of hydrogen-bond donors (Lipinski definition) is 4. The molecule has 0 aliphatic carbocycles. The summed E-state index contributed by atoms with van der Waals surface area (Å²) in [7, 11) is 3.01.